The first kappa shape index (κ1) is 39.1. The highest BCUT2D eigenvalue weighted by molar-refractivity contribution is 7.57. The maximum absolute atomic E-state index is 7.19. The maximum atomic E-state index is 7.19. The standard InChI is InChI=1S/C48H52O4P2/c1-31(2)41-23-21-33(5)29-45(41)49-53(39-17-13-11-14-18-39)51-47-37(9)25-35(7)27-43(47)44-28-36(8)26-38(10)48(44)52-54(40-19-15-12-16-20-40)50-46-30-34(6)22-24-42(46)32(3)4/h11-32H,1-10H3. The van der Waals surface area contributed by atoms with E-state index in [4.69, 9.17) is 18.1 Å². The molecule has 0 aliphatic rings. The van der Waals surface area contributed by atoms with Gasteiger partial charge >= 0.3 is 16.8 Å². The molecule has 0 aromatic heterocycles. The lowest BCUT2D eigenvalue weighted by molar-refractivity contribution is 0.490. The Kier molecular flexibility index (Phi) is 12.5. The van der Waals surface area contributed by atoms with E-state index in [0.29, 0.717) is 0 Å². The van der Waals surface area contributed by atoms with E-state index >= 15 is 0 Å². The highest BCUT2D eigenvalue weighted by Crippen LogP contribution is 2.51. The van der Waals surface area contributed by atoms with Crippen molar-refractivity contribution >= 4 is 27.4 Å². The van der Waals surface area contributed by atoms with Gasteiger partial charge in [-0.2, -0.15) is 0 Å². The zero-order chi connectivity index (χ0) is 38.5. The normalized spacial score (nSPS) is 12.4. The monoisotopic (exact) mass is 754 g/mol. The van der Waals surface area contributed by atoms with Crippen LogP contribution in [0.4, 0.5) is 0 Å². The number of aryl methyl sites for hydroxylation is 6. The van der Waals surface area contributed by atoms with Crippen molar-refractivity contribution in [2.45, 2.75) is 81.1 Å². The first-order valence-electron chi connectivity index (χ1n) is 18.7. The first-order chi connectivity index (χ1) is 25.9. The van der Waals surface area contributed by atoms with Crippen molar-refractivity contribution in [1.29, 1.82) is 0 Å². The number of rotatable bonds is 13. The Bertz CT molecular complexity index is 2050. The van der Waals surface area contributed by atoms with Gasteiger partial charge in [-0.3, -0.25) is 0 Å². The zero-order valence-electron chi connectivity index (χ0n) is 33.2. The Balaban J connectivity index is 1.48. The number of benzene rings is 6. The summed E-state index contributed by atoms with van der Waals surface area (Å²) in [4.78, 5) is 0. The van der Waals surface area contributed by atoms with E-state index in [-0.39, 0.29) is 11.8 Å². The summed E-state index contributed by atoms with van der Waals surface area (Å²) < 4.78 is 28.3. The third-order valence-corrected chi connectivity index (χ3v) is 12.2. The summed E-state index contributed by atoms with van der Waals surface area (Å²) in [6, 6.07) is 42.2. The summed E-state index contributed by atoms with van der Waals surface area (Å²) in [5, 5.41) is 1.98. The van der Waals surface area contributed by atoms with Crippen molar-refractivity contribution in [3.05, 3.63) is 166 Å². The van der Waals surface area contributed by atoms with Crippen molar-refractivity contribution in [2.24, 2.45) is 0 Å². The minimum Gasteiger partial charge on any atom is -0.435 e. The molecular weight excluding hydrogens is 702 g/mol. The van der Waals surface area contributed by atoms with E-state index in [2.05, 4.69) is 154 Å². The number of hydrogen-bond acceptors (Lipinski definition) is 4. The van der Waals surface area contributed by atoms with Gasteiger partial charge in [0, 0.05) is 11.1 Å². The van der Waals surface area contributed by atoms with Crippen LogP contribution in [0.1, 0.15) is 84.0 Å². The van der Waals surface area contributed by atoms with E-state index in [1.54, 1.807) is 0 Å². The molecule has 0 heterocycles. The minimum atomic E-state index is -1.58. The SMILES string of the molecule is Cc1ccc(C(C)C)c(OP(Oc2c(C)cc(C)cc2-c2cc(C)cc(C)c2OP(Oc2cc(C)ccc2C(C)C)c2ccccc2)c2ccccc2)c1. The van der Waals surface area contributed by atoms with E-state index in [9.17, 15) is 0 Å². The second kappa shape index (κ2) is 17.2. The lowest BCUT2D eigenvalue weighted by atomic mass is 9.95. The molecule has 2 unspecified atom stereocenters. The highest BCUT2D eigenvalue weighted by Gasteiger charge is 2.28. The zero-order valence-corrected chi connectivity index (χ0v) is 35.0. The van der Waals surface area contributed by atoms with Gasteiger partial charge in [-0.05, 0) is 146 Å². The van der Waals surface area contributed by atoms with E-state index in [1.165, 1.54) is 0 Å². The van der Waals surface area contributed by atoms with Crippen LogP contribution < -0.4 is 28.7 Å². The molecule has 6 aromatic rings. The van der Waals surface area contributed by atoms with Crippen LogP contribution in [0.3, 0.4) is 0 Å². The van der Waals surface area contributed by atoms with Crippen LogP contribution in [0, 0.1) is 41.5 Å². The molecule has 0 N–H and O–H groups in total. The molecule has 0 saturated carbocycles. The lowest BCUT2D eigenvalue weighted by Crippen LogP contribution is -2.13. The van der Waals surface area contributed by atoms with Gasteiger partial charge in [-0.25, -0.2) is 0 Å². The molecule has 6 rings (SSSR count). The molecule has 0 saturated heterocycles. The van der Waals surface area contributed by atoms with E-state index in [0.717, 1.165) is 89.2 Å². The van der Waals surface area contributed by atoms with E-state index < -0.39 is 16.8 Å². The van der Waals surface area contributed by atoms with Crippen LogP contribution in [0.5, 0.6) is 23.0 Å². The molecule has 6 heteroatoms. The molecule has 0 bridgehead atoms. The largest absolute Gasteiger partial charge is 0.435 e. The fourth-order valence-electron chi connectivity index (χ4n) is 6.64. The van der Waals surface area contributed by atoms with Crippen LogP contribution in [-0.4, -0.2) is 0 Å². The fraction of sp³-hybridized carbons (Fsp3) is 0.250. The third kappa shape index (κ3) is 9.18. The molecular formula is C48H52O4P2. The second-order valence-electron chi connectivity index (χ2n) is 14.9. The van der Waals surface area contributed by atoms with Gasteiger partial charge in [0.25, 0.3) is 0 Å². The fourth-order valence-corrected chi connectivity index (χ4v) is 9.46. The lowest BCUT2D eigenvalue weighted by Gasteiger charge is -2.26. The van der Waals surface area contributed by atoms with Gasteiger partial charge in [0.2, 0.25) is 0 Å². The quantitative estimate of drug-likeness (QED) is 0.110. The topological polar surface area (TPSA) is 36.9 Å². The summed E-state index contributed by atoms with van der Waals surface area (Å²) in [5.41, 5.74) is 10.8. The molecule has 0 radical (unpaired) electrons. The number of hydrogen-bond donors (Lipinski definition) is 0. The van der Waals surface area contributed by atoms with Crippen molar-refractivity contribution in [2.75, 3.05) is 0 Å². The molecule has 4 nitrogen and oxygen atoms in total. The summed E-state index contributed by atoms with van der Waals surface area (Å²) in [6.07, 6.45) is 0. The van der Waals surface area contributed by atoms with Crippen LogP contribution in [0.15, 0.2) is 121 Å². The second-order valence-corrected chi connectivity index (χ2v) is 17.7. The Hall–Kier alpha value is -4.62. The van der Waals surface area contributed by atoms with Crippen LogP contribution in [0.2, 0.25) is 0 Å². The van der Waals surface area contributed by atoms with Crippen LogP contribution in [0.25, 0.3) is 11.1 Å². The predicted octanol–water partition coefficient (Wildman–Crippen LogP) is 13.6. The molecule has 0 fully saturated rings. The third-order valence-electron chi connectivity index (χ3n) is 9.36. The average molecular weight is 755 g/mol. The summed E-state index contributed by atoms with van der Waals surface area (Å²) in [7, 11) is -3.16. The molecule has 54 heavy (non-hydrogen) atoms. The highest BCUT2D eigenvalue weighted by atomic mass is 31.2. The smallest absolute Gasteiger partial charge is 0.326 e. The first-order valence-corrected chi connectivity index (χ1v) is 21.1. The minimum absolute atomic E-state index is 0.290. The van der Waals surface area contributed by atoms with E-state index in [1.807, 2.05) is 36.4 Å². The van der Waals surface area contributed by atoms with Gasteiger partial charge in [0.05, 0.1) is 10.6 Å². The van der Waals surface area contributed by atoms with Crippen molar-refractivity contribution < 1.29 is 18.1 Å². The van der Waals surface area contributed by atoms with Crippen molar-refractivity contribution in [3.63, 3.8) is 0 Å². The van der Waals surface area contributed by atoms with Gasteiger partial charge in [-0.15, -0.1) is 0 Å². The molecule has 2 atom stereocenters. The van der Waals surface area contributed by atoms with Crippen LogP contribution >= 0.6 is 16.8 Å². The summed E-state index contributed by atoms with van der Waals surface area (Å²) in [6.45, 7) is 21.5. The van der Waals surface area contributed by atoms with Gasteiger partial charge in [0.1, 0.15) is 23.0 Å². The molecule has 0 aliphatic carbocycles. The van der Waals surface area contributed by atoms with Crippen molar-refractivity contribution in [1.82, 2.24) is 0 Å². The Morgan fingerprint density at radius 2 is 0.759 bits per heavy atom. The molecule has 278 valence electrons. The van der Waals surface area contributed by atoms with Gasteiger partial charge in [-0.1, -0.05) is 100 Å². The predicted molar refractivity (Wildman–Crippen MR) is 230 cm³/mol. The Labute approximate surface area is 325 Å². The Morgan fingerprint density at radius 3 is 1.11 bits per heavy atom. The average Bonchev–Trinajstić information content (AvgIpc) is 3.13. The molecule has 0 spiro atoms. The van der Waals surface area contributed by atoms with Gasteiger partial charge in [0.15, 0.2) is 0 Å². The van der Waals surface area contributed by atoms with Crippen molar-refractivity contribution in [3.8, 4) is 34.1 Å². The molecule has 0 amide bonds. The summed E-state index contributed by atoms with van der Waals surface area (Å²) >= 11 is 0. The summed E-state index contributed by atoms with van der Waals surface area (Å²) in [5.74, 6) is 3.83. The van der Waals surface area contributed by atoms with Crippen LogP contribution in [-0.2, 0) is 0 Å². The molecule has 0 aliphatic heterocycles. The van der Waals surface area contributed by atoms with Gasteiger partial charge < -0.3 is 18.1 Å². The molecule has 6 aromatic carbocycles. The maximum Gasteiger partial charge on any atom is 0.326 e. The Morgan fingerprint density at radius 1 is 0.389 bits per heavy atom.